The quantitative estimate of drug-likeness (QED) is 0.400. The Balaban J connectivity index is 3.83. The lowest BCUT2D eigenvalue weighted by Crippen LogP contribution is -1.97. The second-order valence-electron chi connectivity index (χ2n) is 0.949. The molecule has 0 aromatic heterocycles. The number of carbonyl (C=O) groups is 1. The van der Waals surface area contributed by atoms with E-state index < -0.39 is 5.97 Å². The van der Waals surface area contributed by atoms with Gasteiger partial charge in [0.25, 0.3) is 0 Å². The first-order chi connectivity index (χ1) is 3.72. The third kappa shape index (κ3) is 2.52. The number of methoxy groups -OCH3 is 1. The van der Waals surface area contributed by atoms with E-state index in [0.717, 1.165) is 0 Å². The Morgan fingerprint density at radius 1 is 1.88 bits per heavy atom. The smallest absolute Gasteiger partial charge is 0.344 e. The molecule has 0 aliphatic carbocycles. The lowest BCUT2D eigenvalue weighted by molar-refractivity contribution is -0.135. The molecule has 0 N–H and O–H groups in total. The first-order valence-corrected chi connectivity index (χ1v) is 3.28. The Labute approximate surface area is 66.0 Å². The molecule has 0 saturated heterocycles. The molecule has 0 aromatic rings. The molecule has 0 aliphatic heterocycles. The van der Waals surface area contributed by atoms with Crippen LogP contribution in [0.25, 0.3) is 0 Å². The van der Waals surface area contributed by atoms with E-state index in [1.54, 1.807) is 22.6 Å². The van der Waals surface area contributed by atoms with Crippen LogP contribution in [-0.2, 0) is 9.53 Å². The highest BCUT2D eigenvalue weighted by atomic mass is 127. The SMILES string of the molecule is COC(=O)C(I)=CCl. The Morgan fingerprint density at radius 3 is 2.50 bits per heavy atom. The summed E-state index contributed by atoms with van der Waals surface area (Å²) >= 11 is 6.94. The van der Waals surface area contributed by atoms with Gasteiger partial charge in [0.05, 0.1) is 7.11 Å². The third-order valence-electron chi connectivity index (χ3n) is 0.476. The van der Waals surface area contributed by atoms with E-state index >= 15 is 0 Å². The van der Waals surface area contributed by atoms with Crippen LogP contribution in [0.2, 0.25) is 0 Å². The van der Waals surface area contributed by atoms with Gasteiger partial charge in [-0.05, 0) is 22.6 Å². The summed E-state index contributed by atoms with van der Waals surface area (Å²) in [6.07, 6.45) is 0. The monoisotopic (exact) mass is 246 g/mol. The molecule has 0 radical (unpaired) electrons. The Hall–Kier alpha value is 0.230. The lowest BCUT2D eigenvalue weighted by atomic mass is 10.7. The van der Waals surface area contributed by atoms with E-state index in [4.69, 9.17) is 11.6 Å². The molecular weight excluding hydrogens is 242 g/mol. The average Bonchev–Trinajstić information content (AvgIpc) is 1.84. The molecule has 0 heterocycles. The van der Waals surface area contributed by atoms with Crippen LogP contribution in [0, 0.1) is 0 Å². The normalized spacial score (nSPS) is 11.1. The molecule has 0 aliphatic rings. The van der Waals surface area contributed by atoms with Crippen LogP contribution in [0.1, 0.15) is 0 Å². The van der Waals surface area contributed by atoms with Gasteiger partial charge in [-0.15, -0.1) is 0 Å². The largest absolute Gasteiger partial charge is 0.465 e. The highest BCUT2D eigenvalue weighted by Crippen LogP contribution is 2.07. The van der Waals surface area contributed by atoms with Crippen LogP contribution in [-0.4, -0.2) is 13.1 Å². The van der Waals surface area contributed by atoms with Crippen LogP contribution in [0.3, 0.4) is 0 Å². The first kappa shape index (κ1) is 8.23. The van der Waals surface area contributed by atoms with Gasteiger partial charge in [0.2, 0.25) is 0 Å². The van der Waals surface area contributed by atoms with Crippen molar-refractivity contribution in [3.8, 4) is 0 Å². The molecule has 0 aromatic carbocycles. The summed E-state index contributed by atoms with van der Waals surface area (Å²) in [4.78, 5) is 10.4. The molecule has 0 amide bonds. The fourth-order valence-electron chi connectivity index (χ4n) is 0.142. The van der Waals surface area contributed by atoms with E-state index in [0.29, 0.717) is 3.58 Å². The van der Waals surface area contributed by atoms with Gasteiger partial charge >= 0.3 is 5.97 Å². The molecule has 0 fully saturated rings. The Morgan fingerprint density at radius 2 is 2.38 bits per heavy atom. The number of ether oxygens (including phenoxy) is 1. The van der Waals surface area contributed by atoms with Gasteiger partial charge in [-0.2, -0.15) is 0 Å². The highest BCUT2D eigenvalue weighted by molar-refractivity contribution is 14.1. The van der Waals surface area contributed by atoms with Crippen molar-refractivity contribution in [2.24, 2.45) is 0 Å². The molecule has 0 spiro atoms. The van der Waals surface area contributed by atoms with E-state index in [1.807, 2.05) is 0 Å². The maximum Gasteiger partial charge on any atom is 0.344 e. The molecule has 0 rings (SSSR count). The lowest BCUT2D eigenvalue weighted by Gasteiger charge is -1.91. The van der Waals surface area contributed by atoms with Crippen molar-refractivity contribution in [1.29, 1.82) is 0 Å². The Kier molecular flexibility index (Phi) is 4.26. The zero-order valence-corrected chi connectivity index (χ0v) is 7.06. The fraction of sp³-hybridized carbons (Fsp3) is 0.250. The summed E-state index contributed by atoms with van der Waals surface area (Å²) in [6.45, 7) is 0. The zero-order chi connectivity index (χ0) is 6.57. The number of hydrogen-bond acceptors (Lipinski definition) is 2. The molecule has 0 unspecified atom stereocenters. The van der Waals surface area contributed by atoms with Crippen molar-refractivity contribution in [1.82, 2.24) is 0 Å². The predicted octanol–water partition coefficient (Wildman–Crippen LogP) is 1.67. The summed E-state index contributed by atoms with van der Waals surface area (Å²) < 4.78 is 4.68. The summed E-state index contributed by atoms with van der Waals surface area (Å²) in [6, 6.07) is 0. The molecular formula is C4H4ClIO2. The van der Waals surface area contributed by atoms with E-state index in [-0.39, 0.29) is 0 Å². The summed E-state index contributed by atoms with van der Waals surface area (Å²) in [5.74, 6) is -0.402. The minimum absolute atomic E-state index is 0.381. The molecule has 2 nitrogen and oxygen atoms in total. The number of halogens is 2. The maximum atomic E-state index is 10.4. The minimum Gasteiger partial charge on any atom is -0.465 e. The van der Waals surface area contributed by atoms with Crippen molar-refractivity contribution in [3.63, 3.8) is 0 Å². The molecule has 8 heavy (non-hydrogen) atoms. The standard InChI is InChI=1S/C4H4ClIO2/c1-8-4(7)3(6)2-5/h2H,1H3. The third-order valence-corrected chi connectivity index (χ3v) is 1.81. The van der Waals surface area contributed by atoms with Gasteiger partial charge in [0.1, 0.15) is 3.58 Å². The van der Waals surface area contributed by atoms with Crippen molar-refractivity contribution in [3.05, 3.63) is 9.12 Å². The topological polar surface area (TPSA) is 26.3 Å². The van der Waals surface area contributed by atoms with Gasteiger partial charge in [-0.3, -0.25) is 0 Å². The molecule has 4 heteroatoms. The zero-order valence-electron chi connectivity index (χ0n) is 4.15. The van der Waals surface area contributed by atoms with Crippen LogP contribution in [0.5, 0.6) is 0 Å². The highest BCUT2D eigenvalue weighted by Gasteiger charge is 2.01. The minimum atomic E-state index is -0.402. The fourth-order valence-corrected chi connectivity index (χ4v) is 0.451. The summed E-state index contributed by atoms with van der Waals surface area (Å²) in [7, 11) is 1.31. The maximum absolute atomic E-state index is 10.4. The second kappa shape index (κ2) is 4.14. The second-order valence-corrected chi connectivity index (χ2v) is 2.33. The predicted molar refractivity (Wildman–Crippen MR) is 40.0 cm³/mol. The van der Waals surface area contributed by atoms with Crippen LogP contribution < -0.4 is 0 Å². The van der Waals surface area contributed by atoms with Crippen molar-refractivity contribution >= 4 is 40.2 Å². The van der Waals surface area contributed by atoms with Crippen LogP contribution in [0.4, 0.5) is 0 Å². The molecule has 46 valence electrons. The molecule has 0 atom stereocenters. The van der Waals surface area contributed by atoms with Gasteiger partial charge in [-0.1, -0.05) is 11.6 Å². The number of rotatable bonds is 1. The van der Waals surface area contributed by atoms with Gasteiger partial charge in [0, 0.05) is 5.54 Å². The molecule has 0 saturated carbocycles. The van der Waals surface area contributed by atoms with Gasteiger partial charge in [0.15, 0.2) is 0 Å². The van der Waals surface area contributed by atoms with Crippen LogP contribution >= 0.6 is 34.2 Å². The van der Waals surface area contributed by atoms with Crippen molar-refractivity contribution in [2.45, 2.75) is 0 Å². The molecule has 0 bridgehead atoms. The summed E-state index contributed by atoms with van der Waals surface area (Å²) in [5, 5.41) is 0. The van der Waals surface area contributed by atoms with Gasteiger partial charge < -0.3 is 4.74 Å². The van der Waals surface area contributed by atoms with E-state index in [9.17, 15) is 4.79 Å². The number of hydrogen-bond donors (Lipinski definition) is 0. The Bertz CT molecular complexity index is 121. The number of esters is 1. The summed E-state index contributed by atoms with van der Waals surface area (Å²) in [5.41, 5.74) is 1.17. The first-order valence-electron chi connectivity index (χ1n) is 1.76. The van der Waals surface area contributed by atoms with Gasteiger partial charge in [-0.25, -0.2) is 4.79 Å². The van der Waals surface area contributed by atoms with E-state index in [1.165, 1.54) is 12.6 Å². The number of carbonyl (C=O) groups excluding carboxylic acids is 1. The van der Waals surface area contributed by atoms with E-state index in [2.05, 4.69) is 4.74 Å². The van der Waals surface area contributed by atoms with Crippen molar-refractivity contribution < 1.29 is 9.53 Å². The average molecular weight is 246 g/mol. The van der Waals surface area contributed by atoms with Crippen LogP contribution in [0.15, 0.2) is 9.12 Å². The van der Waals surface area contributed by atoms with Crippen molar-refractivity contribution in [2.75, 3.05) is 7.11 Å².